The molecule has 22 heavy (non-hydrogen) atoms. The molecular formula is C14H25N5O3. The van der Waals surface area contributed by atoms with Gasteiger partial charge in [-0.05, 0) is 34.6 Å². The van der Waals surface area contributed by atoms with Gasteiger partial charge in [-0.2, -0.15) is 5.10 Å². The Morgan fingerprint density at radius 2 is 1.95 bits per heavy atom. The molecule has 0 saturated heterocycles. The molecule has 1 amide bonds. The van der Waals surface area contributed by atoms with Crippen LogP contribution in [0.15, 0.2) is 0 Å². The van der Waals surface area contributed by atoms with Crippen LogP contribution in [0.5, 0.6) is 0 Å². The first-order valence-corrected chi connectivity index (χ1v) is 7.32. The lowest BCUT2D eigenvalue weighted by molar-refractivity contribution is -0.386. The van der Waals surface area contributed by atoms with Crippen LogP contribution in [-0.2, 0) is 11.3 Å². The van der Waals surface area contributed by atoms with E-state index in [1.807, 2.05) is 0 Å². The predicted octanol–water partition coefficient (Wildman–Crippen LogP) is 1.30. The number of hydrogen-bond acceptors (Lipinski definition) is 5. The highest BCUT2D eigenvalue weighted by atomic mass is 16.6. The fourth-order valence-electron chi connectivity index (χ4n) is 2.10. The van der Waals surface area contributed by atoms with Gasteiger partial charge in [0.2, 0.25) is 5.91 Å². The average molecular weight is 311 g/mol. The highest BCUT2D eigenvalue weighted by Crippen LogP contribution is 2.21. The van der Waals surface area contributed by atoms with Gasteiger partial charge in [-0.25, -0.2) is 0 Å². The average Bonchev–Trinajstić information content (AvgIpc) is 2.66. The van der Waals surface area contributed by atoms with Crippen LogP contribution in [-0.4, -0.2) is 39.2 Å². The first-order chi connectivity index (χ1) is 10.1. The molecule has 0 unspecified atom stereocenters. The van der Waals surface area contributed by atoms with Gasteiger partial charge in [0.15, 0.2) is 0 Å². The summed E-state index contributed by atoms with van der Waals surface area (Å²) in [5.41, 5.74) is 0.893. The molecule has 0 radical (unpaired) electrons. The lowest BCUT2D eigenvalue weighted by atomic mass is 10.1. The number of amides is 1. The molecule has 0 atom stereocenters. The highest BCUT2D eigenvalue weighted by Gasteiger charge is 2.21. The van der Waals surface area contributed by atoms with E-state index in [0.29, 0.717) is 31.0 Å². The number of carbonyl (C=O) groups excluding carboxylic acids is 1. The van der Waals surface area contributed by atoms with Gasteiger partial charge in [-0.1, -0.05) is 0 Å². The maximum absolute atomic E-state index is 11.8. The second-order valence-electron chi connectivity index (χ2n) is 6.28. The Balaban J connectivity index is 2.42. The van der Waals surface area contributed by atoms with Gasteiger partial charge in [0.1, 0.15) is 11.4 Å². The first kappa shape index (κ1) is 18.1. The number of aryl methyl sites for hydroxylation is 2. The van der Waals surface area contributed by atoms with Crippen LogP contribution in [0, 0.1) is 24.0 Å². The normalized spacial score (nSPS) is 11.5. The van der Waals surface area contributed by atoms with Crippen molar-refractivity contribution in [3.8, 4) is 0 Å². The Morgan fingerprint density at radius 3 is 2.45 bits per heavy atom. The Kier molecular flexibility index (Phi) is 6.04. The molecule has 0 spiro atoms. The molecule has 0 aromatic carbocycles. The van der Waals surface area contributed by atoms with Crippen molar-refractivity contribution < 1.29 is 9.72 Å². The second-order valence-corrected chi connectivity index (χ2v) is 6.28. The SMILES string of the molecule is Cc1nn(CCC(=O)NCCNC(C)(C)C)c(C)c1[N+](=O)[O-]. The summed E-state index contributed by atoms with van der Waals surface area (Å²) in [5.74, 6) is -0.0917. The van der Waals surface area contributed by atoms with Crippen LogP contribution in [0.1, 0.15) is 38.6 Å². The van der Waals surface area contributed by atoms with Gasteiger partial charge in [-0.3, -0.25) is 19.6 Å². The number of rotatable bonds is 7. The number of nitrogens with zero attached hydrogens (tertiary/aromatic N) is 3. The summed E-state index contributed by atoms with van der Waals surface area (Å²) >= 11 is 0. The lowest BCUT2D eigenvalue weighted by Crippen LogP contribution is -2.41. The quantitative estimate of drug-likeness (QED) is 0.449. The Morgan fingerprint density at radius 1 is 1.32 bits per heavy atom. The van der Waals surface area contributed by atoms with Crippen LogP contribution in [0.2, 0.25) is 0 Å². The van der Waals surface area contributed by atoms with E-state index >= 15 is 0 Å². The van der Waals surface area contributed by atoms with Crippen molar-refractivity contribution in [3.63, 3.8) is 0 Å². The third-order valence-corrected chi connectivity index (χ3v) is 3.18. The molecule has 1 aromatic heterocycles. The summed E-state index contributed by atoms with van der Waals surface area (Å²) in [7, 11) is 0. The molecule has 124 valence electrons. The number of aromatic nitrogens is 2. The summed E-state index contributed by atoms with van der Waals surface area (Å²) < 4.78 is 1.51. The summed E-state index contributed by atoms with van der Waals surface area (Å²) in [5, 5.41) is 21.1. The third kappa shape index (κ3) is 5.44. The Hall–Kier alpha value is -1.96. The molecule has 0 aliphatic carbocycles. The highest BCUT2D eigenvalue weighted by molar-refractivity contribution is 5.75. The zero-order chi connectivity index (χ0) is 16.9. The van der Waals surface area contributed by atoms with E-state index in [0.717, 1.165) is 0 Å². The van der Waals surface area contributed by atoms with Crippen molar-refractivity contribution in [3.05, 3.63) is 21.5 Å². The largest absolute Gasteiger partial charge is 0.355 e. The monoisotopic (exact) mass is 311 g/mol. The fourth-order valence-corrected chi connectivity index (χ4v) is 2.10. The van der Waals surface area contributed by atoms with Crippen molar-refractivity contribution in [2.45, 2.75) is 53.1 Å². The molecule has 0 bridgehead atoms. The topological polar surface area (TPSA) is 102 Å². The molecule has 8 nitrogen and oxygen atoms in total. The van der Waals surface area contributed by atoms with Crippen LogP contribution >= 0.6 is 0 Å². The van der Waals surface area contributed by atoms with E-state index in [-0.39, 0.29) is 23.6 Å². The standard InChI is InChI=1S/C14H25N5O3/c1-10-13(19(21)22)11(2)18(17-10)9-6-12(20)15-7-8-16-14(3,4)5/h16H,6-9H2,1-5H3,(H,15,20). The maximum Gasteiger partial charge on any atom is 0.312 e. The van der Waals surface area contributed by atoms with E-state index in [9.17, 15) is 14.9 Å². The maximum atomic E-state index is 11.8. The first-order valence-electron chi connectivity index (χ1n) is 7.32. The van der Waals surface area contributed by atoms with Gasteiger partial charge in [0.05, 0.1) is 11.5 Å². The molecule has 1 rings (SSSR count). The van der Waals surface area contributed by atoms with Crippen LogP contribution in [0.3, 0.4) is 0 Å². The minimum absolute atomic E-state index is 0.0212. The number of nitrogens with one attached hydrogen (secondary N) is 2. The predicted molar refractivity (Wildman–Crippen MR) is 83.7 cm³/mol. The van der Waals surface area contributed by atoms with Crippen molar-refractivity contribution >= 4 is 11.6 Å². The van der Waals surface area contributed by atoms with Gasteiger partial charge in [-0.15, -0.1) is 0 Å². The minimum atomic E-state index is -0.438. The molecule has 0 saturated carbocycles. The van der Waals surface area contributed by atoms with Gasteiger partial charge >= 0.3 is 5.69 Å². The van der Waals surface area contributed by atoms with Crippen molar-refractivity contribution in [2.75, 3.05) is 13.1 Å². The van der Waals surface area contributed by atoms with E-state index in [2.05, 4.69) is 36.5 Å². The fraction of sp³-hybridized carbons (Fsp3) is 0.714. The summed E-state index contributed by atoms with van der Waals surface area (Å²) in [6, 6.07) is 0. The van der Waals surface area contributed by atoms with Crippen molar-refractivity contribution in [1.29, 1.82) is 0 Å². The summed E-state index contributed by atoms with van der Waals surface area (Å²) in [6.07, 6.45) is 0.245. The van der Waals surface area contributed by atoms with Crippen LogP contribution in [0.4, 0.5) is 5.69 Å². The summed E-state index contributed by atoms with van der Waals surface area (Å²) in [6.45, 7) is 11.0. The molecule has 8 heteroatoms. The van der Waals surface area contributed by atoms with Gasteiger partial charge in [0, 0.05) is 25.0 Å². The second kappa shape index (κ2) is 7.35. The molecule has 0 fully saturated rings. The van der Waals surface area contributed by atoms with E-state index < -0.39 is 4.92 Å². The molecular weight excluding hydrogens is 286 g/mol. The number of carbonyl (C=O) groups is 1. The van der Waals surface area contributed by atoms with E-state index in [1.165, 1.54) is 4.68 Å². The van der Waals surface area contributed by atoms with Crippen LogP contribution in [0.25, 0.3) is 0 Å². The van der Waals surface area contributed by atoms with Crippen molar-refractivity contribution in [1.82, 2.24) is 20.4 Å². The Labute approximate surface area is 130 Å². The van der Waals surface area contributed by atoms with Crippen LogP contribution < -0.4 is 10.6 Å². The van der Waals surface area contributed by atoms with E-state index in [1.54, 1.807) is 13.8 Å². The Bertz CT molecular complexity index is 545. The van der Waals surface area contributed by atoms with E-state index in [4.69, 9.17) is 0 Å². The summed E-state index contributed by atoms with van der Waals surface area (Å²) in [4.78, 5) is 22.2. The number of hydrogen-bond donors (Lipinski definition) is 2. The molecule has 1 heterocycles. The third-order valence-electron chi connectivity index (χ3n) is 3.18. The van der Waals surface area contributed by atoms with Gasteiger partial charge < -0.3 is 10.6 Å². The molecule has 1 aromatic rings. The smallest absolute Gasteiger partial charge is 0.312 e. The molecule has 2 N–H and O–H groups in total. The zero-order valence-electron chi connectivity index (χ0n) is 13.9. The van der Waals surface area contributed by atoms with Crippen molar-refractivity contribution in [2.24, 2.45) is 0 Å². The lowest BCUT2D eigenvalue weighted by Gasteiger charge is -2.20. The van der Waals surface area contributed by atoms with Gasteiger partial charge in [0.25, 0.3) is 0 Å². The number of nitro groups is 1. The zero-order valence-corrected chi connectivity index (χ0v) is 13.9. The molecule has 0 aliphatic heterocycles. The minimum Gasteiger partial charge on any atom is -0.355 e. The molecule has 0 aliphatic rings.